The van der Waals surface area contributed by atoms with Gasteiger partial charge in [-0.3, -0.25) is 4.98 Å². The van der Waals surface area contributed by atoms with E-state index >= 15 is 0 Å². The van der Waals surface area contributed by atoms with E-state index in [0.717, 1.165) is 25.1 Å². The van der Waals surface area contributed by atoms with Crippen LogP contribution < -0.4 is 11.1 Å². The third-order valence-corrected chi connectivity index (χ3v) is 2.83. The van der Waals surface area contributed by atoms with Crippen LogP contribution in [0.2, 0.25) is 0 Å². The number of anilines is 2. The van der Waals surface area contributed by atoms with Gasteiger partial charge in [0.1, 0.15) is 0 Å². The Morgan fingerprint density at radius 3 is 3.00 bits per heavy atom. The fourth-order valence-electron chi connectivity index (χ4n) is 2.13. The molecule has 1 aromatic heterocycles. The van der Waals surface area contributed by atoms with Gasteiger partial charge in [-0.2, -0.15) is 0 Å². The molecule has 2 heterocycles. The standard InChI is InChI=1S/C12H19N3O/c1-12(2)6-10(3-4-16-12)15-11-5-9(13)7-14-8-11/h5,7-8,10,15H,3-4,6,13H2,1-2H3. The van der Waals surface area contributed by atoms with Crippen molar-refractivity contribution in [2.75, 3.05) is 17.7 Å². The van der Waals surface area contributed by atoms with E-state index in [1.807, 2.05) is 6.07 Å². The number of rotatable bonds is 2. The monoisotopic (exact) mass is 221 g/mol. The number of hydrogen-bond donors (Lipinski definition) is 2. The molecular weight excluding hydrogens is 202 g/mol. The molecule has 1 unspecified atom stereocenters. The van der Waals surface area contributed by atoms with Crippen LogP contribution in [-0.2, 0) is 4.74 Å². The zero-order valence-corrected chi connectivity index (χ0v) is 9.86. The summed E-state index contributed by atoms with van der Waals surface area (Å²) in [6.07, 6.45) is 5.48. The van der Waals surface area contributed by atoms with Crippen LogP contribution in [0.15, 0.2) is 18.5 Å². The predicted octanol–water partition coefficient (Wildman–Crippen LogP) is 2.03. The average Bonchev–Trinajstić information content (AvgIpc) is 2.15. The molecule has 0 amide bonds. The number of nitrogen functional groups attached to an aromatic ring is 1. The van der Waals surface area contributed by atoms with E-state index in [-0.39, 0.29) is 5.60 Å². The van der Waals surface area contributed by atoms with Crippen LogP contribution in [0.3, 0.4) is 0 Å². The summed E-state index contributed by atoms with van der Waals surface area (Å²) in [7, 11) is 0. The third kappa shape index (κ3) is 2.85. The zero-order valence-electron chi connectivity index (χ0n) is 9.86. The minimum atomic E-state index is -0.0380. The van der Waals surface area contributed by atoms with Crippen LogP contribution in [-0.4, -0.2) is 23.2 Å². The summed E-state index contributed by atoms with van der Waals surface area (Å²) in [5, 5.41) is 3.45. The molecule has 88 valence electrons. The van der Waals surface area contributed by atoms with Crippen LogP contribution in [0.1, 0.15) is 26.7 Å². The van der Waals surface area contributed by atoms with Crippen LogP contribution in [0, 0.1) is 0 Å². The number of nitrogens with one attached hydrogen (secondary N) is 1. The second kappa shape index (κ2) is 4.29. The van der Waals surface area contributed by atoms with Crippen LogP contribution in [0.25, 0.3) is 0 Å². The van der Waals surface area contributed by atoms with Crippen LogP contribution in [0.4, 0.5) is 11.4 Å². The van der Waals surface area contributed by atoms with E-state index in [4.69, 9.17) is 10.5 Å². The first-order chi connectivity index (χ1) is 7.55. The predicted molar refractivity (Wildman–Crippen MR) is 65.3 cm³/mol. The second-order valence-corrected chi connectivity index (χ2v) is 4.95. The van der Waals surface area contributed by atoms with Gasteiger partial charge in [0.25, 0.3) is 0 Å². The molecule has 3 N–H and O–H groups in total. The van der Waals surface area contributed by atoms with Gasteiger partial charge < -0.3 is 15.8 Å². The van der Waals surface area contributed by atoms with Gasteiger partial charge in [-0.15, -0.1) is 0 Å². The normalized spacial score (nSPS) is 24.0. The Labute approximate surface area is 96.2 Å². The molecule has 1 aromatic rings. The first kappa shape index (κ1) is 11.2. The summed E-state index contributed by atoms with van der Waals surface area (Å²) in [4.78, 5) is 4.07. The van der Waals surface area contributed by atoms with E-state index in [1.54, 1.807) is 12.4 Å². The van der Waals surface area contributed by atoms with E-state index < -0.39 is 0 Å². The SMILES string of the molecule is CC1(C)CC(Nc2cncc(N)c2)CCO1. The highest BCUT2D eigenvalue weighted by molar-refractivity contribution is 5.51. The molecule has 16 heavy (non-hydrogen) atoms. The highest BCUT2D eigenvalue weighted by Crippen LogP contribution is 2.26. The lowest BCUT2D eigenvalue weighted by atomic mass is 9.94. The highest BCUT2D eigenvalue weighted by atomic mass is 16.5. The smallest absolute Gasteiger partial charge is 0.0646 e. The fourth-order valence-corrected chi connectivity index (χ4v) is 2.13. The fraction of sp³-hybridized carbons (Fsp3) is 0.583. The van der Waals surface area contributed by atoms with Crippen molar-refractivity contribution in [1.82, 2.24) is 4.98 Å². The Morgan fingerprint density at radius 1 is 1.50 bits per heavy atom. The number of aromatic nitrogens is 1. The van der Waals surface area contributed by atoms with Crippen molar-refractivity contribution in [3.63, 3.8) is 0 Å². The number of hydrogen-bond acceptors (Lipinski definition) is 4. The molecule has 1 atom stereocenters. The Morgan fingerprint density at radius 2 is 2.31 bits per heavy atom. The van der Waals surface area contributed by atoms with Gasteiger partial charge in [-0.05, 0) is 32.8 Å². The molecule has 0 aliphatic carbocycles. The van der Waals surface area contributed by atoms with Crippen LogP contribution in [0.5, 0.6) is 0 Å². The highest BCUT2D eigenvalue weighted by Gasteiger charge is 2.28. The molecule has 0 radical (unpaired) electrons. The first-order valence-corrected chi connectivity index (χ1v) is 5.66. The average molecular weight is 221 g/mol. The summed E-state index contributed by atoms with van der Waals surface area (Å²) in [5.41, 5.74) is 7.33. The van der Waals surface area contributed by atoms with Crippen molar-refractivity contribution in [2.24, 2.45) is 0 Å². The van der Waals surface area contributed by atoms with Gasteiger partial charge in [-0.25, -0.2) is 0 Å². The Bertz CT molecular complexity index is 365. The summed E-state index contributed by atoms with van der Waals surface area (Å²) in [6, 6.07) is 2.35. The maximum Gasteiger partial charge on any atom is 0.0646 e. The maximum absolute atomic E-state index is 5.69. The van der Waals surface area contributed by atoms with Gasteiger partial charge >= 0.3 is 0 Å². The molecule has 0 saturated carbocycles. The number of pyridine rings is 1. The minimum absolute atomic E-state index is 0.0380. The van der Waals surface area contributed by atoms with Crippen molar-refractivity contribution in [3.05, 3.63) is 18.5 Å². The Balaban J connectivity index is 1.99. The summed E-state index contributed by atoms with van der Waals surface area (Å²) in [5.74, 6) is 0. The van der Waals surface area contributed by atoms with Gasteiger partial charge in [0.2, 0.25) is 0 Å². The quantitative estimate of drug-likeness (QED) is 0.802. The van der Waals surface area contributed by atoms with E-state index in [2.05, 4.69) is 24.1 Å². The van der Waals surface area contributed by atoms with Crippen molar-refractivity contribution < 1.29 is 4.74 Å². The first-order valence-electron chi connectivity index (χ1n) is 5.66. The summed E-state index contributed by atoms with van der Waals surface area (Å²) >= 11 is 0. The molecule has 1 aliphatic rings. The lowest BCUT2D eigenvalue weighted by Gasteiger charge is -2.36. The van der Waals surface area contributed by atoms with Gasteiger partial charge in [0.05, 0.1) is 23.2 Å². The molecule has 4 heteroatoms. The molecule has 0 spiro atoms. The maximum atomic E-state index is 5.69. The number of nitrogens with two attached hydrogens (primary N) is 1. The van der Waals surface area contributed by atoms with Crippen molar-refractivity contribution >= 4 is 11.4 Å². The lowest BCUT2D eigenvalue weighted by molar-refractivity contribution is -0.0553. The lowest BCUT2D eigenvalue weighted by Crippen LogP contribution is -2.40. The van der Waals surface area contributed by atoms with Gasteiger partial charge in [0, 0.05) is 18.8 Å². The zero-order chi connectivity index (χ0) is 11.6. The van der Waals surface area contributed by atoms with E-state index in [9.17, 15) is 0 Å². The molecule has 1 aliphatic heterocycles. The number of nitrogens with zero attached hydrogens (tertiary/aromatic N) is 1. The second-order valence-electron chi connectivity index (χ2n) is 4.95. The minimum Gasteiger partial charge on any atom is -0.397 e. The van der Waals surface area contributed by atoms with Crippen molar-refractivity contribution in [2.45, 2.75) is 38.3 Å². The largest absolute Gasteiger partial charge is 0.397 e. The molecular formula is C12H19N3O. The topological polar surface area (TPSA) is 60.2 Å². The van der Waals surface area contributed by atoms with Crippen molar-refractivity contribution in [3.8, 4) is 0 Å². The molecule has 1 saturated heterocycles. The third-order valence-electron chi connectivity index (χ3n) is 2.83. The van der Waals surface area contributed by atoms with Gasteiger partial charge in [-0.1, -0.05) is 0 Å². The van der Waals surface area contributed by atoms with Crippen LogP contribution >= 0.6 is 0 Å². The molecule has 0 aromatic carbocycles. The van der Waals surface area contributed by atoms with E-state index in [0.29, 0.717) is 11.7 Å². The Hall–Kier alpha value is -1.29. The molecule has 2 rings (SSSR count). The molecule has 4 nitrogen and oxygen atoms in total. The molecule has 1 fully saturated rings. The van der Waals surface area contributed by atoms with Gasteiger partial charge in [0.15, 0.2) is 0 Å². The number of ether oxygens (including phenoxy) is 1. The summed E-state index contributed by atoms with van der Waals surface area (Å²) < 4.78 is 5.68. The Kier molecular flexibility index (Phi) is 3.01. The molecule has 0 bridgehead atoms. The van der Waals surface area contributed by atoms with Crippen molar-refractivity contribution in [1.29, 1.82) is 0 Å². The summed E-state index contributed by atoms with van der Waals surface area (Å²) in [6.45, 7) is 5.05. The van der Waals surface area contributed by atoms with E-state index in [1.165, 1.54) is 0 Å².